The van der Waals surface area contributed by atoms with E-state index in [-0.39, 0.29) is 24.4 Å². The lowest BCUT2D eigenvalue weighted by Gasteiger charge is -2.25. The molecule has 0 unspecified atom stereocenters. The molecule has 0 radical (unpaired) electrons. The van der Waals surface area contributed by atoms with E-state index in [0.29, 0.717) is 23.7 Å². The van der Waals surface area contributed by atoms with E-state index >= 15 is 0 Å². The zero-order chi connectivity index (χ0) is 21.4. The predicted octanol–water partition coefficient (Wildman–Crippen LogP) is 3.73. The number of rotatable bonds is 5. The molecule has 0 saturated carbocycles. The number of aromatic nitrogens is 2. The fourth-order valence-electron chi connectivity index (χ4n) is 4.52. The molecule has 31 heavy (non-hydrogen) atoms. The van der Waals surface area contributed by atoms with Crippen LogP contribution in [-0.2, 0) is 24.3 Å². The SMILES string of the molecule is O=C(CN1Cc2ccccc2C1=O)N[C@@H]1CCCc2c1cnn2Cc1ccc(Cl)cc1. The van der Waals surface area contributed by atoms with Gasteiger partial charge in [-0.25, -0.2) is 0 Å². The summed E-state index contributed by atoms with van der Waals surface area (Å²) >= 11 is 5.99. The van der Waals surface area contributed by atoms with Crippen LogP contribution in [0.15, 0.2) is 54.7 Å². The molecular formula is C24H23ClN4O2. The lowest BCUT2D eigenvalue weighted by Crippen LogP contribution is -2.39. The van der Waals surface area contributed by atoms with Crippen molar-refractivity contribution in [1.82, 2.24) is 20.0 Å². The topological polar surface area (TPSA) is 67.2 Å². The van der Waals surface area contributed by atoms with Crippen LogP contribution in [0.2, 0.25) is 5.02 Å². The molecule has 1 aromatic heterocycles. The third-order valence-electron chi connectivity index (χ3n) is 6.07. The molecule has 1 atom stereocenters. The summed E-state index contributed by atoms with van der Waals surface area (Å²) in [4.78, 5) is 26.9. The van der Waals surface area contributed by atoms with Crippen molar-refractivity contribution in [3.63, 3.8) is 0 Å². The number of carbonyl (C=O) groups is 2. The second-order valence-electron chi connectivity index (χ2n) is 8.16. The van der Waals surface area contributed by atoms with Crippen molar-refractivity contribution in [3.8, 4) is 0 Å². The van der Waals surface area contributed by atoms with E-state index in [2.05, 4.69) is 10.4 Å². The summed E-state index contributed by atoms with van der Waals surface area (Å²) in [6.45, 7) is 1.23. The van der Waals surface area contributed by atoms with Gasteiger partial charge < -0.3 is 10.2 Å². The van der Waals surface area contributed by atoms with Gasteiger partial charge in [0.15, 0.2) is 0 Å². The van der Waals surface area contributed by atoms with Gasteiger partial charge in [-0.05, 0) is 48.6 Å². The summed E-state index contributed by atoms with van der Waals surface area (Å²) < 4.78 is 2.01. The van der Waals surface area contributed by atoms with Crippen molar-refractivity contribution in [3.05, 3.63) is 87.7 Å². The highest BCUT2D eigenvalue weighted by Gasteiger charge is 2.30. The molecule has 1 aliphatic heterocycles. The van der Waals surface area contributed by atoms with Crippen molar-refractivity contribution < 1.29 is 9.59 Å². The van der Waals surface area contributed by atoms with Crippen LogP contribution < -0.4 is 5.32 Å². The third-order valence-corrected chi connectivity index (χ3v) is 6.33. The first-order chi connectivity index (χ1) is 15.1. The number of benzene rings is 2. The number of fused-ring (bicyclic) bond motifs is 2. The first-order valence-electron chi connectivity index (χ1n) is 10.5. The van der Waals surface area contributed by atoms with Gasteiger partial charge in [0.2, 0.25) is 5.91 Å². The number of hydrogen-bond donors (Lipinski definition) is 1. The van der Waals surface area contributed by atoms with E-state index < -0.39 is 0 Å². The minimum absolute atomic E-state index is 0.0677. The Balaban J connectivity index is 1.26. The van der Waals surface area contributed by atoms with Crippen molar-refractivity contribution >= 4 is 23.4 Å². The summed E-state index contributed by atoms with van der Waals surface area (Å²) in [5.41, 5.74) is 5.04. The molecule has 3 aromatic rings. The van der Waals surface area contributed by atoms with Gasteiger partial charge in [0.25, 0.3) is 5.91 Å². The van der Waals surface area contributed by atoms with Crippen molar-refractivity contribution in [2.45, 2.75) is 38.4 Å². The lowest BCUT2D eigenvalue weighted by atomic mass is 9.93. The van der Waals surface area contributed by atoms with Gasteiger partial charge in [0, 0.05) is 28.4 Å². The Morgan fingerprint density at radius 1 is 1.16 bits per heavy atom. The van der Waals surface area contributed by atoms with Crippen LogP contribution >= 0.6 is 11.6 Å². The van der Waals surface area contributed by atoms with Gasteiger partial charge in [-0.3, -0.25) is 14.3 Å². The van der Waals surface area contributed by atoms with Gasteiger partial charge >= 0.3 is 0 Å². The summed E-state index contributed by atoms with van der Waals surface area (Å²) in [6, 6.07) is 15.2. The number of nitrogens with one attached hydrogen (secondary N) is 1. The van der Waals surface area contributed by atoms with Crippen LogP contribution in [0.5, 0.6) is 0 Å². The molecule has 6 nitrogen and oxygen atoms in total. The maximum absolute atomic E-state index is 12.8. The average molecular weight is 435 g/mol. The molecule has 2 aliphatic rings. The highest BCUT2D eigenvalue weighted by molar-refractivity contribution is 6.30. The fraction of sp³-hybridized carbons (Fsp3) is 0.292. The Morgan fingerprint density at radius 3 is 2.77 bits per heavy atom. The van der Waals surface area contributed by atoms with Crippen LogP contribution in [0.3, 0.4) is 0 Å². The molecule has 5 rings (SSSR count). The van der Waals surface area contributed by atoms with E-state index in [0.717, 1.165) is 41.6 Å². The van der Waals surface area contributed by atoms with Crippen LogP contribution in [0, 0.1) is 0 Å². The molecule has 2 aromatic carbocycles. The summed E-state index contributed by atoms with van der Waals surface area (Å²) in [6.07, 6.45) is 4.67. The van der Waals surface area contributed by atoms with Gasteiger partial charge in [-0.1, -0.05) is 41.9 Å². The van der Waals surface area contributed by atoms with Gasteiger partial charge in [0.1, 0.15) is 6.54 Å². The minimum atomic E-state index is -0.135. The number of amides is 2. The maximum Gasteiger partial charge on any atom is 0.254 e. The molecule has 7 heteroatoms. The summed E-state index contributed by atoms with van der Waals surface area (Å²) in [7, 11) is 0. The first kappa shape index (κ1) is 19.8. The average Bonchev–Trinajstić information content (AvgIpc) is 3.32. The van der Waals surface area contributed by atoms with Crippen molar-refractivity contribution in [1.29, 1.82) is 0 Å². The molecule has 0 saturated heterocycles. The molecule has 0 fully saturated rings. The molecular weight excluding hydrogens is 412 g/mol. The van der Waals surface area contributed by atoms with Crippen LogP contribution in [0.1, 0.15) is 51.6 Å². The van der Waals surface area contributed by atoms with Gasteiger partial charge in [0.05, 0.1) is 18.8 Å². The van der Waals surface area contributed by atoms with Crippen molar-refractivity contribution in [2.24, 2.45) is 0 Å². The number of hydrogen-bond acceptors (Lipinski definition) is 3. The number of carbonyl (C=O) groups excluding carboxylic acids is 2. The Kier molecular flexibility index (Phi) is 5.24. The molecule has 158 valence electrons. The number of nitrogens with zero attached hydrogens (tertiary/aromatic N) is 3. The molecule has 0 bridgehead atoms. The second-order valence-corrected chi connectivity index (χ2v) is 8.60. The molecule has 1 aliphatic carbocycles. The zero-order valence-electron chi connectivity index (χ0n) is 17.1. The van der Waals surface area contributed by atoms with Crippen LogP contribution in [0.25, 0.3) is 0 Å². The minimum Gasteiger partial charge on any atom is -0.348 e. The van der Waals surface area contributed by atoms with Crippen molar-refractivity contribution in [2.75, 3.05) is 6.54 Å². The first-order valence-corrected chi connectivity index (χ1v) is 10.9. The molecule has 1 N–H and O–H groups in total. The Bertz CT molecular complexity index is 1140. The molecule has 2 heterocycles. The largest absolute Gasteiger partial charge is 0.348 e. The van der Waals surface area contributed by atoms with Gasteiger partial charge in [-0.2, -0.15) is 5.10 Å². The Hall–Kier alpha value is -3.12. The Morgan fingerprint density at radius 2 is 1.97 bits per heavy atom. The normalized spacial score (nSPS) is 17.4. The second kappa shape index (κ2) is 8.19. The maximum atomic E-state index is 12.8. The van der Waals surface area contributed by atoms with E-state index in [1.54, 1.807) is 4.90 Å². The fourth-order valence-corrected chi connectivity index (χ4v) is 4.65. The number of halogens is 1. The standard InChI is InChI=1S/C24H23ClN4O2/c25-18-10-8-16(9-11-18)13-29-22-7-3-6-21(20(22)12-26-29)27-23(30)15-28-14-17-4-1-2-5-19(17)24(28)31/h1-2,4-5,8-12,21H,3,6-7,13-15H2,(H,27,30)/t21-/m1/s1. The van der Waals surface area contributed by atoms with Crippen LogP contribution in [0.4, 0.5) is 0 Å². The van der Waals surface area contributed by atoms with E-state index in [4.69, 9.17) is 11.6 Å². The lowest BCUT2D eigenvalue weighted by molar-refractivity contribution is -0.122. The van der Waals surface area contributed by atoms with E-state index in [1.165, 1.54) is 0 Å². The highest BCUT2D eigenvalue weighted by Crippen LogP contribution is 2.30. The Labute approximate surface area is 185 Å². The predicted molar refractivity (Wildman–Crippen MR) is 118 cm³/mol. The summed E-state index contributed by atoms with van der Waals surface area (Å²) in [5, 5.41) is 8.43. The molecule has 2 amide bonds. The highest BCUT2D eigenvalue weighted by atomic mass is 35.5. The molecule has 0 spiro atoms. The summed E-state index contributed by atoms with van der Waals surface area (Å²) in [5.74, 6) is -0.213. The van der Waals surface area contributed by atoms with E-state index in [9.17, 15) is 9.59 Å². The third kappa shape index (κ3) is 3.95. The monoisotopic (exact) mass is 434 g/mol. The van der Waals surface area contributed by atoms with Gasteiger partial charge in [-0.15, -0.1) is 0 Å². The smallest absolute Gasteiger partial charge is 0.254 e. The van der Waals surface area contributed by atoms with E-state index in [1.807, 2.05) is 59.4 Å². The van der Waals surface area contributed by atoms with Crippen LogP contribution in [-0.4, -0.2) is 33.0 Å². The zero-order valence-corrected chi connectivity index (χ0v) is 17.8. The quantitative estimate of drug-likeness (QED) is 0.665.